The van der Waals surface area contributed by atoms with Crippen molar-refractivity contribution in [2.24, 2.45) is 0 Å². The first-order valence-electron chi connectivity index (χ1n) is 11.4. The number of anilines is 1. The van der Waals surface area contributed by atoms with Crippen molar-refractivity contribution < 1.29 is 14.5 Å². The summed E-state index contributed by atoms with van der Waals surface area (Å²) in [6, 6.07) is 13.4. The predicted molar refractivity (Wildman–Crippen MR) is 127 cm³/mol. The number of carbonyl (C=O) groups is 1. The molecule has 8 heteroatoms. The minimum Gasteiger partial charge on any atom is -0.462 e. The van der Waals surface area contributed by atoms with E-state index < -0.39 is 16.9 Å². The summed E-state index contributed by atoms with van der Waals surface area (Å²) in [6.07, 6.45) is 5.28. The molecule has 1 aliphatic rings. The van der Waals surface area contributed by atoms with Crippen molar-refractivity contribution in [1.29, 1.82) is 0 Å². The molecule has 0 saturated heterocycles. The summed E-state index contributed by atoms with van der Waals surface area (Å²) in [6.45, 7) is 4.32. The fourth-order valence-corrected chi connectivity index (χ4v) is 4.30. The number of para-hydroxylation sites is 2. The molecule has 2 aromatic carbocycles. The number of hydrogen-bond donors (Lipinski definition) is 1. The van der Waals surface area contributed by atoms with Gasteiger partial charge in [-0.05, 0) is 31.0 Å². The van der Waals surface area contributed by atoms with Crippen LogP contribution in [0, 0.1) is 10.1 Å². The maximum Gasteiger partial charge on any atom is 0.338 e. The maximum absolute atomic E-state index is 13.3. The Morgan fingerprint density at radius 3 is 2.73 bits per heavy atom. The maximum atomic E-state index is 13.3. The van der Waals surface area contributed by atoms with Gasteiger partial charge in [0.1, 0.15) is 0 Å². The number of rotatable bonds is 9. The molecular weight excluding hydrogens is 420 g/mol. The minimum atomic E-state index is -0.596. The fourth-order valence-electron chi connectivity index (χ4n) is 4.30. The van der Waals surface area contributed by atoms with Crippen molar-refractivity contribution in [3.05, 3.63) is 75.5 Å². The predicted octanol–water partition coefficient (Wildman–Crippen LogP) is 5.75. The molecule has 0 saturated carbocycles. The largest absolute Gasteiger partial charge is 0.462 e. The topological polar surface area (TPSA) is 99.3 Å². The third kappa shape index (κ3) is 4.60. The second kappa shape index (κ2) is 9.85. The number of imidazole rings is 1. The molecule has 172 valence electrons. The lowest BCUT2D eigenvalue weighted by atomic mass is 9.94. The van der Waals surface area contributed by atoms with Gasteiger partial charge < -0.3 is 10.1 Å². The van der Waals surface area contributed by atoms with Crippen molar-refractivity contribution in [3.8, 4) is 0 Å². The number of unbranched alkanes of at least 4 members (excludes halogenated alkanes) is 4. The fraction of sp³-hybridized carbons (Fsp3) is 0.360. The lowest BCUT2D eigenvalue weighted by molar-refractivity contribution is -0.384. The van der Waals surface area contributed by atoms with Crippen LogP contribution in [0.5, 0.6) is 0 Å². The monoisotopic (exact) mass is 448 g/mol. The van der Waals surface area contributed by atoms with Gasteiger partial charge in [0.2, 0.25) is 5.95 Å². The number of aromatic nitrogens is 2. The summed E-state index contributed by atoms with van der Waals surface area (Å²) >= 11 is 0. The number of allylic oxidation sites excluding steroid dienone is 1. The van der Waals surface area contributed by atoms with Crippen LogP contribution >= 0.6 is 0 Å². The zero-order valence-electron chi connectivity index (χ0n) is 18.9. The Balaban J connectivity index is 1.72. The van der Waals surface area contributed by atoms with Gasteiger partial charge in [-0.3, -0.25) is 14.7 Å². The molecule has 4 rings (SSSR count). The van der Waals surface area contributed by atoms with E-state index in [0.717, 1.165) is 36.7 Å². The number of nitrogens with one attached hydrogen (secondary N) is 1. The van der Waals surface area contributed by atoms with Crippen LogP contribution in [0.1, 0.15) is 57.6 Å². The number of hydrogen-bond acceptors (Lipinski definition) is 6. The molecule has 0 aliphatic carbocycles. The molecule has 3 aromatic rings. The molecular formula is C25H28N4O4. The van der Waals surface area contributed by atoms with Gasteiger partial charge in [-0.15, -0.1) is 0 Å². The first-order chi connectivity index (χ1) is 16.0. The second-order valence-electron chi connectivity index (χ2n) is 8.26. The van der Waals surface area contributed by atoms with Crippen molar-refractivity contribution in [1.82, 2.24) is 9.55 Å². The summed E-state index contributed by atoms with van der Waals surface area (Å²) in [7, 11) is 0. The Morgan fingerprint density at radius 1 is 1.15 bits per heavy atom. The number of nitro groups is 1. The summed E-state index contributed by atoms with van der Waals surface area (Å²) in [4.78, 5) is 29.0. The molecule has 1 aromatic heterocycles. The van der Waals surface area contributed by atoms with Crippen LogP contribution in [-0.2, 0) is 9.53 Å². The highest BCUT2D eigenvalue weighted by Gasteiger charge is 2.35. The van der Waals surface area contributed by atoms with Gasteiger partial charge in [0.25, 0.3) is 5.69 Å². The van der Waals surface area contributed by atoms with Crippen LogP contribution < -0.4 is 5.32 Å². The molecule has 1 N–H and O–H groups in total. The van der Waals surface area contributed by atoms with Gasteiger partial charge >= 0.3 is 5.97 Å². The number of non-ortho nitro benzene ring substituents is 1. The van der Waals surface area contributed by atoms with Crippen molar-refractivity contribution >= 4 is 28.6 Å². The van der Waals surface area contributed by atoms with Gasteiger partial charge in [0, 0.05) is 17.8 Å². The van der Waals surface area contributed by atoms with Gasteiger partial charge in [0.05, 0.1) is 34.2 Å². The summed E-state index contributed by atoms with van der Waals surface area (Å²) in [5.41, 5.74) is 3.26. The number of esters is 1. The number of nitro benzene ring substituents is 1. The average molecular weight is 449 g/mol. The molecule has 8 nitrogen and oxygen atoms in total. The van der Waals surface area contributed by atoms with Crippen LogP contribution in [0.3, 0.4) is 0 Å². The highest BCUT2D eigenvalue weighted by molar-refractivity contribution is 5.94. The molecule has 33 heavy (non-hydrogen) atoms. The summed E-state index contributed by atoms with van der Waals surface area (Å²) < 4.78 is 7.58. The van der Waals surface area contributed by atoms with Gasteiger partial charge in [0.15, 0.2) is 0 Å². The lowest BCUT2D eigenvalue weighted by Crippen LogP contribution is -2.29. The van der Waals surface area contributed by atoms with E-state index in [2.05, 4.69) is 17.2 Å². The van der Waals surface area contributed by atoms with Gasteiger partial charge in [-0.2, -0.15) is 0 Å². The molecule has 0 bridgehead atoms. The third-order valence-corrected chi connectivity index (χ3v) is 5.93. The van der Waals surface area contributed by atoms with E-state index in [1.165, 1.54) is 18.6 Å². The number of benzene rings is 2. The van der Waals surface area contributed by atoms with E-state index in [9.17, 15) is 14.9 Å². The summed E-state index contributed by atoms with van der Waals surface area (Å²) in [5.74, 6) is 0.164. The Labute approximate surface area is 192 Å². The van der Waals surface area contributed by atoms with Crippen molar-refractivity contribution in [3.63, 3.8) is 0 Å². The van der Waals surface area contributed by atoms with Crippen LogP contribution in [0.25, 0.3) is 11.0 Å². The first kappa shape index (κ1) is 22.5. The second-order valence-corrected chi connectivity index (χ2v) is 8.26. The summed E-state index contributed by atoms with van der Waals surface area (Å²) in [5, 5.41) is 14.7. The molecule has 1 aliphatic heterocycles. The van der Waals surface area contributed by atoms with Crippen molar-refractivity contribution in [2.45, 2.75) is 52.0 Å². The minimum absolute atomic E-state index is 0.0294. The van der Waals surface area contributed by atoms with E-state index in [0.29, 0.717) is 29.4 Å². The SMILES string of the molecule is CCCCCCCOC(=O)C1=C(C)Nc2nc3ccccc3n2[C@H]1c1cccc([N+](=O)[O-])c1. The molecule has 0 spiro atoms. The van der Waals surface area contributed by atoms with E-state index in [1.807, 2.05) is 35.8 Å². The number of ether oxygens (including phenoxy) is 1. The average Bonchev–Trinajstić information content (AvgIpc) is 3.18. The van der Waals surface area contributed by atoms with Gasteiger partial charge in [-0.1, -0.05) is 56.9 Å². The Kier molecular flexibility index (Phi) is 6.72. The Morgan fingerprint density at radius 2 is 1.94 bits per heavy atom. The zero-order chi connectivity index (χ0) is 23.4. The Bertz CT molecular complexity index is 1210. The molecule has 0 radical (unpaired) electrons. The highest BCUT2D eigenvalue weighted by Crippen LogP contribution is 2.40. The van der Waals surface area contributed by atoms with Crippen molar-refractivity contribution in [2.75, 3.05) is 11.9 Å². The van der Waals surface area contributed by atoms with Crippen LogP contribution in [0.2, 0.25) is 0 Å². The molecule has 0 fully saturated rings. The van der Waals surface area contributed by atoms with Gasteiger partial charge in [-0.25, -0.2) is 9.78 Å². The first-order valence-corrected chi connectivity index (χ1v) is 11.4. The highest BCUT2D eigenvalue weighted by atomic mass is 16.6. The lowest BCUT2D eigenvalue weighted by Gasteiger charge is -2.30. The van der Waals surface area contributed by atoms with Crippen LogP contribution in [-0.4, -0.2) is 27.1 Å². The van der Waals surface area contributed by atoms with Crippen LogP contribution in [0.15, 0.2) is 59.8 Å². The third-order valence-electron chi connectivity index (χ3n) is 5.93. The van der Waals surface area contributed by atoms with E-state index in [4.69, 9.17) is 4.74 Å². The Hall–Kier alpha value is -3.68. The molecule has 1 atom stereocenters. The van der Waals surface area contributed by atoms with E-state index >= 15 is 0 Å². The normalized spacial score (nSPS) is 15.3. The van der Waals surface area contributed by atoms with Crippen LogP contribution in [0.4, 0.5) is 11.6 Å². The number of nitrogens with zero attached hydrogens (tertiary/aromatic N) is 3. The van der Waals surface area contributed by atoms with E-state index in [-0.39, 0.29) is 5.69 Å². The smallest absolute Gasteiger partial charge is 0.338 e. The van der Waals surface area contributed by atoms with E-state index in [1.54, 1.807) is 12.1 Å². The zero-order valence-corrected chi connectivity index (χ0v) is 18.9. The number of carbonyl (C=O) groups excluding carboxylic acids is 1. The number of fused-ring (bicyclic) bond motifs is 3. The standard InChI is InChI=1S/C25H28N4O4/c1-3-4-5-6-9-15-33-24(30)22-17(2)26-25-27-20-13-7-8-14-21(20)28(25)23(22)18-11-10-12-19(16-18)29(31)32/h7-8,10-14,16,23H,3-6,9,15H2,1-2H3,(H,26,27)/t23-/m0/s1. The molecule has 2 heterocycles. The quantitative estimate of drug-likeness (QED) is 0.194. The molecule has 0 unspecified atom stereocenters. The molecule has 0 amide bonds.